The van der Waals surface area contributed by atoms with Crippen molar-refractivity contribution < 1.29 is 5.11 Å². The van der Waals surface area contributed by atoms with Crippen LogP contribution in [0.1, 0.15) is 5.56 Å². The molecule has 0 spiro atoms. The molecule has 2 N–H and O–H groups in total. The minimum atomic E-state index is 0.157. The fourth-order valence-corrected chi connectivity index (χ4v) is 2.60. The lowest BCUT2D eigenvalue weighted by atomic mass is 10.1. The van der Waals surface area contributed by atoms with E-state index in [0.29, 0.717) is 0 Å². The Morgan fingerprint density at radius 3 is 2.50 bits per heavy atom. The lowest BCUT2D eigenvalue weighted by molar-refractivity contribution is 0.151. The van der Waals surface area contributed by atoms with E-state index in [1.54, 1.807) is 0 Å². The molecule has 1 atom stereocenters. The molecule has 2 rings (SSSR count). The first-order valence-corrected chi connectivity index (χ1v) is 7.57. The average Bonchev–Trinajstić information content (AvgIpc) is 2.49. The van der Waals surface area contributed by atoms with Crippen molar-refractivity contribution in [1.82, 2.24) is 15.1 Å². The van der Waals surface area contributed by atoms with E-state index in [-0.39, 0.29) is 12.6 Å². The lowest BCUT2D eigenvalue weighted by Gasteiger charge is -2.32. The third-order valence-electron chi connectivity index (χ3n) is 4.00. The van der Waals surface area contributed by atoms with Crippen molar-refractivity contribution >= 4 is 0 Å². The summed E-state index contributed by atoms with van der Waals surface area (Å²) in [5, 5.41) is 12.9. The standard InChI is InChI=1S/C16H27N3O/c1-18-9-11-19(12-10-18)8-7-17-16(14-20)13-15-5-3-2-4-6-15/h2-6,16-17,20H,7-14H2,1H3. The number of hydrogen-bond donors (Lipinski definition) is 2. The zero-order valence-electron chi connectivity index (χ0n) is 12.5. The molecule has 1 fully saturated rings. The number of aliphatic hydroxyl groups excluding tert-OH is 1. The van der Waals surface area contributed by atoms with Crippen molar-refractivity contribution in [3.05, 3.63) is 35.9 Å². The number of nitrogens with zero attached hydrogens (tertiary/aromatic N) is 2. The Balaban J connectivity index is 1.66. The summed E-state index contributed by atoms with van der Waals surface area (Å²) < 4.78 is 0. The maximum atomic E-state index is 9.48. The van der Waals surface area contributed by atoms with E-state index in [2.05, 4.69) is 34.3 Å². The highest BCUT2D eigenvalue weighted by Gasteiger charge is 2.14. The summed E-state index contributed by atoms with van der Waals surface area (Å²) in [7, 11) is 2.18. The molecule has 0 bridgehead atoms. The quantitative estimate of drug-likeness (QED) is 0.758. The van der Waals surface area contributed by atoms with E-state index in [1.807, 2.05) is 18.2 Å². The van der Waals surface area contributed by atoms with Gasteiger partial charge in [0.25, 0.3) is 0 Å². The zero-order chi connectivity index (χ0) is 14.2. The number of likely N-dealkylation sites (N-methyl/N-ethyl adjacent to an activating group) is 1. The van der Waals surface area contributed by atoms with Crippen LogP contribution in [0.3, 0.4) is 0 Å². The molecule has 1 aromatic carbocycles. The molecular formula is C16H27N3O. The molecule has 112 valence electrons. The summed E-state index contributed by atoms with van der Waals surface area (Å²) in [6.07, 6.45) is 0.889. The van der Waals surface area contributed by atoms with Crippen molar-refractivity contribution in [2.45, 2.75) is 12.5 Å². The van der Waals surface area contributed by atoms with Gasteiger partial charge >= 0.3 is 0 Å². The van der Waals surface area contributed by atoms with Gasteiger partial charge in [-0.15, -0.1) is 0 Å². The summed E-state index contributed by atoms with van der Waals surface area (Å²) in [4.78, 5) is 4.86. The van der Waals surface area contributed by atoms with Gasteiger partial charge in [0.15, 0.2) is 0 Å². The maximum Gasteiger partial charge on any atom is 0.0587 e. The topological polar surface area (TPSA) is 38.7 Å². The zero-order valence-corrected chi connectivity index (χ0v) is 12.5. The van der Waals surface area contributed by atoms with Crippen LogP contribution in [0.15, 0.2) is 30.3 Å². The van der Waals surface area contributed by atoms with Crippen LogP contribution in [0.5, 0.6) is 0 Å². The van der Waals surface area contributed by atoms with Crippen molar-refractivity contribution in [1.29, 1.82) is 0 Å². The van der Waals surface area contributed by atoms with E-state index in [0.717, 1.165) is 45.7 Å². The predicted molar refractivity (Wildman–Crippen MR) is 83.0 cm³/mol. The molecule has 1 aromatic rings. The first-order chi connectivity index (χ1) is 9.78. The average molecular weight is 277 g/mol. The van der Waals surface area contributed by atoms with Gasteiger partial charge in [0.05, 0.1) is 6.61 Å². The molecule has 1 aliphatic rings. The fraction of sp³-hybridized carbons (Fsp3) is 0.625. The normalized spacial score (nSPS) is 19.1. The van der Waals surface area contributed by atoms with Crippen LogP contribution < -0.4 is 5.32 Å². The van der Waals surface area contributed by atoms with Crippen LogP contribution in [0.2, 0.25) is 0 Å². The van der Waals surface area contributed by atoms with Gasteiger partial charge in [-0.3, -0.25) is 4.90 Å². The van der Waals surface area contributed by atoms with E-state index >= 15 is 0 Å². The Bertz CT molecular complexity index is 363. The SMILES string of the molecule is CN1CCN(CCNC(CO)Cc2ccccc2)CC1. The molecule has 0 radical (unpaired) electrons. The molecule has 4 heteroatoms. The summed E-state index contributed by atoms with van der Waals surface area (Å²) in [6, 6.07) is 10.5. The maximum absolute atomic E-state index is 9.48. The number of aliphatic hydroxyl groups is 1. The molecule has 1 saturated heterocycles. The van der Waals surface area contributed by atoms with Crippen LogP contribution in [-0.4, -0.2) is 73.9 Å². The minimum Gasteiger partial charge on any atom is -0.395 e. The smallest absolute Gasteiger partial charge is 0.0587 e. The summed E-state index contributed by atoms with van der Waals surface area (Å²) >= 11 is 0. The van der Waals surface area contributed by atoms with Crippen molar-refractivity contribution in [3.63, 3.8) is 0 Å². The third kappa shape index (κ3) is 5.21. The molecule has 4 nitrogen and oxygen atoms in total. The highest BCUT2D eigenvalue weighted by molar-refractivity contribution is 5.15. The lowest BCUT2D eigenvalue weighted by Crippen LogP contribution is -2.47. The molecule has 1 aliphatic heterocycles. The Hall–Kier alpha value is -0.940. The number of benzene rings is 1. The van der Waals surface area contributed by atoms with Gasteiger partial charge in [-0.2, -0.15) is 0 Å². The van der Waals surface area contributed by atoms with Crippen LogP contribution in [0.4, 0.5) is 0 Å². The molecule has 0 aromatic heterocycles. The Labute approximate surface area is 122 Å². The third-order valence-corrected chi connectivity index (χ3v) is 4.00. The first-order valence-electron chi connectivity index (χ1n) is 7.57. The van der Waals surface area contributed by atoms with Gasteiger partial charge < -0.3 is 15.3 Å². The van der Waals surface area contributed by atoms with Crippen LogP contribution in [-0.2, 0) is 6.42 Å². The van der Waals surface area contributed by atoms with E-state index < -0.39 is 0 Å². The van der Waals surface area contributed by atoms with Crippen molar-refractivity contribution in [3.8, 4) is 0 Å². The number of piperazine rings is 1. The van der Waals surface area contributed by atoms with Gasteiger partial charge in [-0.05, 0) is 19.0 Å². The summed E-state index contributed by atoms with van der Waals surface area (Å²) in [6.45, 7) is 6.83. The van der Waals surface area contributed by atoms with Crippen molar-refractivity contribution in [2.24, 2.45) is 0 Å². The monoisotopic (exact) mass is 277 g/mol. The summed E-state index contributed by atoms with van der Waals surface area (Å²) in [5.74, 6) is 0. The summed E-state index contributed by atoms with van der Waals surface area (Å²) in [5.41, 5.74) is 1.28. The Morgan fingerprint density at radius 2 is 1.85 bits per heavy atom. The number of nitrogens with one attached hydrogen (secondary N) is 1. The van der Waals surface area contributed by atoms with E-state index in [9.17, 15) is 5.11 Å². The van der Waals surface area contributed by atoms with Crippen LogP contribution >= 0.6 is 0 Å². The molecule has 0 amide bonds. The first kappa shape index (κ1) is 15.4. The molecule has 0 saturated carbocycles. The predicted octanol–water partition coefficient (Wildman–Crippen LogP) is 0.427. The highest BCUT2D eigenvalue weighted by Crippen LogP contribution is 2.03. The minimum absolute atomic E-state index is 0.157. The Kier molecular flexibility index (Phi) is 6.47. The molecule has 1 heterocycles. The van der Waals surface area contributed by atoms with Gasteiger partial charge in [0.2, 0.25) is 0 Å². The fourth-order valence-electron chi connectivity index (χ4n) is 2.60. The second kappa shape index (κ2) is 8.37. The largest absolute Gasteiger partial charge is 0.395 e. The second-order valence-electron chi connectivity index (χ2n) is 5.67. The van der Waals surface area contributed by atoms with E-state index in [1.165, 1.54) is 5.56 Å². The van der Waals surface area contributed by atoms with E-state index in [4.69, 9.17) is 0 Å². The highest BCUT2D eigenvalue weighted by atomic mass is 16.3. The van der Waals surface area contributed by atoms with Crippen LogP contribution in [0.25, 0.3) is 0 Å². The molecule has 20 heavy (non-hydrogen) atoms. The molecule has 1 unspecified atom stereocenters. The van der Waals surface area contributed by atoms with Gasteiger partial charge in [0, 0.05) is 45.3 Å². The van der Waals surface area contributed by atoms with Gasteiger partial charge in [0.1, 0.15) is 0 Å². The molecule has 0 aliphatic carbocycles. The van der Waals surface area contributed by atoms with Gasteiger partial charge in [-0.25, -0.2) is 0 Å². The number of hydrogen-bond acceptors (Lipinski definition) is 4. The number of rotatable bonds is 7. The van der Waals surface area contributed by atoms with Crippen molar-refractivity contribution in [2.75, 3.05) is 52.9 Å². The second-order valence-corrected chi connectivity index (χ2v) is 5.67. The van der Waals surface area contributed by atoms with Gasteiger partial charge in [-0.1, -0.05) is 30.3 Å². The molecular weight excluding hydrogens is 250 g/mol. The van der Waals surface area contributed by atoms with Crippen LogP contribution in [0, 0.1) is 0 Å². The Morgan fingerprint density at radius 1 is 1.15 bits per heavy atom.